The van der Waals surface area contributed by atoms with Crippen LogP contribution in [0.4, 0.5) is 4.79 Å². The number of hydrogen-bond acceptors (Lipinski definition) is 5. The van der Waals surface area contributed by atoms with Crippen molar-refractivity contribution in [2.45, 2.75) is 12.8 Å². The molecular weight excluding hydrogens is 294 g/mol. The molecule has 0 amide bonds. The van der Waals surface area contributed by atoms with E-state index in [1.807, 2.05) is 12.1 Å². The van der Waals surface area contributed by atoms with Crippen molar-refractivity contribution >= 4 is 17.1 Å². The van der Waals surface area contributed by atoms with Crippen LogP contribution < -0.4 is 5.73 Å². The summed E-state index contributed by atoms with van der Waals surface area (Å²) in [6, 6.07) is 8.27. The maximum Gasteiger partial charge on any atom is 0.513 e. The number of hydrogen-bond donors (Lipinski definition) is 2. The van der Waals surface area contributed by atoms with Gasteiger partial charge in [-0.15, -0.1) is 0 Å². The molecule has 2 heterocycles. The zero-order valence-corrected chi connectivity index (χ0v) is 13.2. The quantitative estimate of drug-likeness (QED) is 0.847. The van der Waals surface area contributed by atoms with Crippen LogP contribution in [0, 0.1) is 0 Å². The van der Waals surface area contributed by atoms with Crippen molar-refractivity contribution < 1.29 is 14.3 Å². The van der Waals surface area contributed by atoms with Gasteiger partial charge in [-0.25, -0.2) is 4.79 Å². The minimum atomic E-state index is -0.721. The van der Waals surface area contributed by atoms with Crippen molar-refractivity contribution in [2.75, 3.05) is 26.7 Å². The Labute approximate surface area is 134 Å². The number of carbonyl (C=O) groups is 1. The number of aromatic nitrogens is 1. The Balaban J connectivity index is 1.62. The summed E-state index contributed by atoms with van der Waals surface area (Å²) in [5.74, 6) is 0.502. The molecule has 2 aromatic rings. The number of nitrogens with two attached hydrogens (primary N) is 1. The fourth-order valence-corrected chi connectivity index (χ4v) is 2.85. The number of para-hydroxylation sites is 1. The van der Waals surface area contributed by atoms with Gasteiger partial charge in [-0.05, 0) is 18.1 Å². The van der Waals surface area contributed by atoms with Crippen LogP contribution in [0.5, 0.6) is 0 Å². The molecule has 0 fully saturated rings. The number of fused-ring (bicyclic) bond motifs is 1. The molecule has 122 valence electrons. The van der Waals surface area contributed by atoms with Crippen molar-refractivity contribution in [3.05, 3.63) is 47.5 Å². The van der Waals surface area contributed by atoms with Gasteiger partial charge in [-0.2, -0.15) is 0 Å². The number of nitrogens with one attached hydrogen (secondary N) is 1. The largest absolute Gasteiger partial charge is 0.513 e. The Morgan fingerprint density at radius 3 is 3.04 bits per heavy atom. The number of benzene rings is 1. The summed E-state index contributed by atoms with van der Waals surface area (Å²) in [6.45, 7) is 2.27. The highest BCUT2D eigenvalue weighted by Gasteiger charge is 2.21. The van der Waals surface area contributed by atoms with Gasteiger partial charge in [-0.3, -0.25) is 4.90 Å². The fraction of sp³-hybridized carbons (Fsp3) is 0.353. The van der Waals surface area contributed by atoms with E-state index >= 15 is 0 Å². The Morgan fingerprint density at radius 2 is 2.22 bits per heavy atom. The van der Waals surface area contributed by atoms with E-state index in [-0.39, 0.29) is 0 Å². The number of nitrogens with zero attached hydrogens (tertiary/aromatic N) is 1. The minimum absolute atomic E-state index is 0.502. The molecule has 0 bridgehead atoms. The lowest BCUT2D eigenvalue weighted by atomic mass is 10.1. The van der Waals surface area contributed by atoms with E-state index in [4.69, 9.17) is 10.5 Å². The second-order valence-corrected chi connectivity index (χ2v) is 5.64. The third-order valence-corrected chi connectivity index (χ3v) is 4.17. The molecular formula is C17H21N3O3. The van der Waals surface area contributed by atoms with Gasteiger partial charge in [0.15, 0.2) is 0 Å². The van der Waals surface area contributed by atoms with E-state index in [1.165, 1.54) is 18.1 Å². The summed E-state index contributed by atoms with van der Waals surface area (Å²) in [5, 5.41) is 1.26. The summed E-state index contributed by atoms with van der Waals surface area (Å²) in [6.07, 6.45) is 2.96. The monoisotopic (exact) mass is 315 g/mol. The van der Waals surface area contributed by atoms with Gasteiger partial charge >= 0.3 is 6.16 Å². The molecule has 0 saturated carbocycles. The van der Waals surface area contributed by atoms with E-state index < -0.39 is 6.16 Å². The van der Waals surface area contributed by atoms with E-state index in [9.17, 15) is 4.79 Å². The van der Waals surface area contributed by atoms with Gasteiger partial charge in [0.1, 0.15) is 5.76 Å². The van der Waals surface area contributed by atoms with Crippen molar-refractivity contribution in [1.29, 1.82) is 0 Å². The molecule has 6 nitrogen and oxygen atoms in total. The van der Waals surface area contributed by atoms with Crippen LogP contribution in [0.3, 0.4) is 0 Å². The maximum absolute atomic E-state index is 11.3. The topological polar surface area (TPSA) is 80.6 Å². The van der Waals surface area contributed by atoms with Crippen molar-refractivity contribution in [3.63, 3.8) is 0 Å². The molecule has 0 unspecified atom stereocenters. The standard InChI is InChI=1S/C17H21N3O3/c1-22-17(21)23-16-11-20(9-7-14(16)18)8-6-12-10-19-15-5-3-2-4-13(12)15/h2-5,10,19H,6-9,11,18H2,1H3. The first-order chi connectivity index (χ1) is 11.2. The predicted octanol–water partition coefficient (Wildman–Crippen LogP) is 2.37. The number of aromatic amines is 1. The summed E-state index contributed by atoms with van der Waals surface area (Å²) < 4.78 is 9.67. The Hall–Kier alpha value is -2.47. The van der Waals surface area contributed by atoms with Gasteiger partial charge in [0, 0.05) is 42.3 Å². The molecule has 0 saturated heterocycles. The summed E-state index contributed by atoms with van der Waals surface area (Å²) in [4.78, 5) is 16.8. The maximum atomic E-state index is 11.3. The number of H-pyrrole nitrogens is 1. The Kier molecular flexibility index (Phi) is 4.52. The second-order valence-electron chi connectivity index (χ2n) is 5.64. The first-order valence-electron chi connectivity index (χ1n) is 7.68. The smallest absolute Gasteiger partial charge is 0.437 e. The third kappa shape index (κ3) is 3.48. The number of methoxy groups -OCH3 is 1. The lowest BCUT2D eigenvalue weighted by Gasteiger charge is -2.28. The lowest BCUT2D eigenvalue weighted by Crippen LogP contribution is -2.36. The summed E-state index contributed by atoms with van der Waals surface area (Å²) in [7, 11) is 1.29. The summed E-state index contributed by atoms with van der Waals surface area (Å²) in [5.41, 5.74) is 8.99. The molecule has 0 aliphatic carbocycles. The van der Waals surface area contributed by atoms with E-state index in [1.54, 1.807) is 0 Å². The molecule has 0 spiro atoms. The summed E-state index contributed by atoms with van der Waals surface area (Å²) >= 11 is 0. The van der Waals surface area contributed by atoms with E-state index in [0.717, 1.165) is 25.0 Å². The highest BCUT2D eigenvalue weighted by Crippen LogP contribution is 2.20. The lowest BCUT2D eigenvalue weighted by molar-refractivity contribution is 0.0857. The molecule has 1 aliphatic heterocycles. The molecule has 3 rings (SSSR count). The van der Waals surface area contributed by atoms with Crippen LogP contribution >= 0.6 is 0 Å². The van der Waals surface area contributed by atoms with Crippen molar-refractivity contribution in [1.82, 2.24) is 9.88 Å². The van der Waals surface area contributed by atoms with Gasteiger partial charge in [0.05, 0.1) is 13.7 Å². The van der Waals surface area contributed by atoms with Crippen LogP contribution in [0.2, 0.25) is 0 Å². The van der Waals surface area contributed by atoms with Gasteiger partial charge in [0.25, 0.3) is 0 Å². The number of carbonyl (C=O) groups excluding carboxylic acids is 1. The van der Waals surface area contributed by atoms with Gasteiger partial charge in [0.2, 0.25) is 0 Å². The zero-order valence-electron chi connectivity index (χ0n) is 13.2. The first kappa shape index (κ1) is 15.4. The normalized spacial score (nSPS) is 15.9. The third-order valence-electron chi connectivity index (χ3n) is 4.17. The van der Waals surface area contributed by atoms with Gasteiger partial charge < -0.3 is 20.2 Å². The van der Waals surface area contributed by atoms with Crippen molar-refractivity contribution in [2.24, 2.45) is 5.73 Å². The molecule has 3 N–H and O–H groups in total. The zero-order chi connectivity index (χ0) is 16.2. The van der Waals surface area contributed by atoms with E-state index in [0.29, 0.717) is 24.4 Å². The van der Waals surface area contributed by atoms with E-state index in [2.05, 4.69) is 33.0 Å². The van der Waals surface area contributed by atoms with Gasteiger partial charge in [-0.1, -0.05) is 18.2 Å². The average Bonchev–Trinajstić information content (AvgIpc) is 2.98. The number of rotatable bonds is 4. The highest BCUT2D eigenvalue weighted by atomic mass is 16.7. The Bertz CT molecular complexity index is 736. The Morgan fingerprint density at radius 1 is 1.39 bits per heavy atom. The highest BCUT2D eigenvalue weighted by molar-refractivity contribution is 5.83. The van der Waals surface area contributed by atoms with Crippen LogP contribution in [0.15, 0.2) is 41.9 Å². The minimum Gasteiger partial charge on any atom is -0.437 e. The van der Waals surface area contributed by atoms with Crippen LogP contribution in [-0.2, 0) is 15.9 Å². The average molecular weight is 315 g/mol. The molecule has 1 aromatic carbocycles. The van der Waals surface area contributed by atoms with Crippen LogP contribution in [0.25, 0.3) is 10.9 Å². The SMILES string of the molecule is COC(=O)OC1=C(N)CCN(CCc2c[nH]c3ccccc23)C1. The predicted molar refractivity (Wildman–Crippen MR) is 87.8 cm³/mol. The van der Waals surface area contributed by atoms with Crippen LogP contribution in [0.1, 0.15) is 12.0 Å². The molecule has 0 radical (unpaired) electrons. The molecule has 1 aliphatic rings. The molecule has 0 atom stereocenters. The number of ether oxygens (including phenoxy) is 2. The van der Waals surface area contributed by atoms with Crippen molar-refractivity contribution in [3.8, 4) is 0 Å². The fourth-order valence-electron chi connectivity index (χ4n) is 2.85. The second kappa shape index (κ2) is 6.75. The first-order valence-corrected chi connectivity index (χ1v) is 7.68. The molecule has 1 aromatic heterocycles. The molecule has 6 heteroatoms. The van der Waals surface area contributed by atoms with Crippen LogP contribution in [-0.4, -0.2) is 42.8 Å². The molecule has 23 heavy (non-hydrogen) atoms.